The molecule has 0 radical (unpaired) electrons. The maximum Gasteiger partial charge on any atom is 0.236 e. The average molecular weight is 387 g/mol. The van der Waals surface area contributed by atoms with E-state index in [0.717, 1.165) is 58.0 Å². The number of likely N-dealkylation sites (N-methyl/N-ethyl adjacent to an activating group) is 1. The second-order valence-corrected chi connectivity index (χ2v) is 8.81. The van der Waals surface area contributed by atoms with Crippen LogP contribution in [0.1, 0.15) is 18.0 Å². The number of carbonyl (C=O) groups excluding carboxylic acids is 1. The molecule has 3 saturated heterocycles. The van der Waals surface area contributed by atoms with Gasteiger partial charge in [0.25, 0.3) is 0 Å². The Bertz CT molecular complexity index is 680. The summed E-state index contributed by atoms with van der Waals surface area (Å²) < 4.78 is 5.31. The normalized spacial score (nSPS) is 29.7. The summed E-state index contributed by atoms with van der Waals surface area (Å²) >= 11 is 0. The fourth-order valence-electron chi connectivity index (χ4n) is 5.31. The first-order chi connectivity index (χ1) is 13.5. The van der Waals surface area contributed by atoms with Crippen LogP contribution < -0.4 is 4.74 Å². The third-order valence-corrected chi connectivity index (χ3v) is 6.88. The zero-order valence-corrected chi connectivity index (χ0v) is 17.5. The van der Waals surface area contributed by atoms with Crippen molar-refractivity contribution >= 4 is 5.91 Å². The highest BCUT2D eigenvalue weighted by molar-refractivity contribution is 5.78. The number of amides is 1. The first kappa shape index (κ1) is 19.7. The molecular weight excluding hydrogens is 352 g/mol. The fraction of sp³-hybridized carbons (Fsp3) is 0.682. The van der Waals surface area contributed by atoms with Crippen LogP contribution in [0.2, 0.25) is 0 Å². The van der Waals surface area contributed by atoms with Gasteiger partial charge in [-0.05, 0) is 57.2 Å². The Morgan fingerprint density at radius 3 is 2.57 bits per heavy atom. The van der Waals surface area contributed by atoms with Gasteiger partial charge in [-0.2, -0.15) is 0 Å². The van der Waals surface area contributed by atoms with Crippen LogP contribution in [0.4, 0.5) is 0 Å². The van der Waals surface area contributed by atoms with Crippen molar-refractivity contribution in [1.82, 2.24) is 19.6 Å². The van der Waals surface area contributed by atoms with Gasteiger partial charge in [0.1, 0.15) is 5.75 Å². The second kappa shape index (κ2) is 8.39. The van der Waals surface area contributed by atoms with Crippen molar-refractivity contribution < 1.29 is 9.53 Å². The molecule has 0 spiro atoms. The van der Waals surface area contributed by atoms with Gasteiger partial charge in [0.05, 0.1) is 13.7 Å². The minimum Gasteiger partial charge on any atom is -0.497 e. The third kappa shape index (κ3) is 4.04. The molecule has 0 N–H and O–H groups in total. The number of ether oxygens (including phenoxy) is 1. The maximum atomic E-state index is 13.0. The van der Waals surface area contributed by atoms with Crippen molar-refractivity contribution in [3.05, 3.63) is 29.8 Å². The zero-order chi connectivity index (χ0) is 19.7. The fourth-order valence-corrected chi connectivity index (χ4v) is 5.31. The van der Waals surface area contributed by atoms with E-state index in [9.17, 15) is 4.79 Å². The predicted molar refractivity (Wildman–Crippen MR) is 110 cm³/mol. The lowest BCUT2D eigenvalue weighted by atomic mass is 9.89. The predicted octanol–water partition coefficient (Wildman–Crippen LogP) is 1.39. The maximum absolute atomic E-state index is 13.0. The number of likely N-dealkylation sites (tertiary alicyclic amines) is 2. The summed E-state index contributed by atoms with van der Waals surface area (Å²) in [7, 11) is 6.09. The zero-order valence-electron chi connectivity index (χ0n) is 17.5. The first-order valence-electron chi connectivity index (χ1n) is 10.6. The lowest BCUT2D eigenvalue weighted by molar-refractivity contribution is -0.131. The Hall–Kier alpha value is -1.63. The molecule has 1 amide bonds. The Kier molecular flexibility index (Phi) is 5.90. The Morgan fingerprint density at radius 1 is 1.04 bits per heavy atom. The number of hydrogen-bond donors (Lipinski definition) is 0. The molecule has 6 nitrogen and oxygen atoms in total. The molecule has 6 heteroatoms. The van der Waals surface area contributed by atoms with Crippen LogP contribution in [0.25, 0.3) is 0 Å². The van der Waals surface area contributed by atoms with Crippen LogP contribution >= 0.6 is 0 Å². The molecule has 154 valence electrons. The highest BCUT2D eigenvalue weighted by Crippen LogP contribution is 2.44. The van der Waals surface area contributed by atoms with Gasteiger partial charge in [0.2, 0.25) is 5.91 Å². The van der Waals surface area contributed by atoms with Gasteiger partial charge in [-0.3, -0.25) is 14.6 Å². The van der Waals surface area contributed by atoms with E-state index in [4.69, 9.17) is 4.74 Å². The number of carbonyl (C=O) groups is 1. The summed E-state index contributed by atoms with van der Waals surface area (Å²) in [5, 5.41) is 0. The number of hydrogen-bond acceptors (Lipinski definition) is 5. The van der Waals surface area contributed by atoms with E-state index in [1.807, 2.05) is 12.1 Å². The molecule has 0 aliphatic carbocycles. The molecule has 0 bridgehead atoms. The van der Waals surface area contributed by atoms with Crippen molar-refractivity contribution in [3.8, 4) is 5.75 Å². The minimum absolute atomic E-state index is 0.315. The summed E-state index contributed by atoms with van der Waals surface area (Å²) in [6, 6.07) is 8.84. The number of fused-ring (bicyclic) bond motifs is 1. The largest absolute Gasteiger partial charge is 0.497 e. The van der Waals surface area contributed by atoms with E-state index in [0.29, 0.717) is 30.3 Å². The van der Waals surface area contributed by atoms with Gasteiger partial charge in [-0.1, -0.05) is 12.1 Å². The lowest BCUT2D eigenvalue weighted by Gasteiger charge is -2.28. The van der Waals surface area contributed by atoms with E-state index in [2.05, 4.69) is 45.8 Å². The van der Waals surface area contributed by atoms with Crippen LogP contribution in [-0.2, 0) is 4.79 Å². The smallest absolute Gasteiger partial charge is 0.236 e. The van der Waals surface area contributed by atoms with Crippen molar-refractivity contribution in [2.24, 2.45) is 11.8 Å². The van der Waals surface area contributed by atoms with Gasteiger partial charge in [-0.25, -0.2) is 0 Å². The Morgan fingerprint density at radius 2 is 1.82 bits per heavy atom. The molecule has 3 aliphatic rings. The SMILES string of the molecule is COc1ccc([C@H]2[C@@H]3CN(C(=O)CN4CCCN(C)CC4)C[C@@H]3CN2C)cc1. The summed E-state index contributed by atoms with van der Waals surface area (Å²) in [5.74, 6) is 2.32. The summed E-state index contributed by atoms with van der Waals surface area (Å²) in [4.78, 5) is 22.3. The van der Waals surface area contributed by atoms with Crippen molar-refractivity contribution in [1.29, 1.82) is 0 Å². The number of benzene rings is 1. The van der Waals surface area contributed by atoms with Gasteiger partial charge < -0.3 is 14.5 Å². The van der Waals surface area contributed by atoms with Crippen LogP contribution in [0, 0.1) is 11.8 Å². The molecular formula is C22H34N4O2. The van der Waals surface area contributed by atoms with Crippen molar-refractivity contribution in [3.63, 3.8) is 0 Å². The van der Waals surface area contributed by atoms with Crippen LogP contribution in [0.5, 0.6) is 5.75 Å². The summed E-state index contributed by atoms with van der Waals surface area (Å²) in [5.41, 5.74) is 1.33. The second-order valence-electron chi connectivity index (χ2n) is 8.81. The minimum atomic E-state index is 0.315. The van der Waals surface area contributed by atoms with Crippen molar-refractivity contribution in [2.45, 2.75) is 12.5 Å². The van der Waals surface area contributed by atoms with E-state index < -0.39 is 0 Å². The average Bonchev–Trinajstić information content (AvgIpc) is 3.15. The molecule has 0 saturated carbocycles. The molecule has 28 heavy (non-hydrogen) atoms. The van der Waals surface area contributed by atoms with Gasteiger partial charge in [-0.15, -0.1) is 0 Å². The first-order valence-corrected chi connectivity index (χ1v) is 10.6. The molecule has 3 atom stereocenters. The van der Waals surface area contributed by atoms with Gasteiger partial charge in [0.15, 0.2) is 0 Å². The summed E-state index contributed by atoms with van der Waals surface area (Å²) in [6.45, 7) is 7.67. The van der Waals surface area contributed by atoms with Crippen LogP contribution in [0.3, 0.4) is 0 Å². The molecule has 3 heterocycles. The molecule has 4 rings (SSSR count). The highest BCUT2D eigenvalue weighted by Gasteiger charge is 2.47. The van der Waals surface area contributed by atoms with Gasteiger partial charge in [0, 0.05) is 44.7 Å². The summed E-state index contributed by atoms with van der Waals surface area (Å²) in [6.07, 6.45) is 1.15. The number of nitrogens with zero attached hydrogens (tertiary/aromatic N) is 4. The standard InChI is InChI=1S/C22H34N4O2/c1-23-9-4-10-25(12-11-23)16-21(27)26-14-18-13-24(2)22(20(18)15-26)17-5-7-19(28-3)8-6-17/h5-8,18,20,22H,4,9-16H2,1-3H3/t18-,20+,22-/m0/s1. The van der Waals surface area contributed by atoms with Crippen LogP contribution in [0.15, 0.2) is 24.3 Å². The Labute approximate surface area is 169 Å². The van der Waals surface area contributed by atoms with E-state index in [1.54, 1.807) is 7.11 Å². The topological polar surface area (TPSA) is 39.3 Å². The number of rotatable bonds is 4. The molecule has 0 unspecified atom stereocenters. The van der Waals surface area contributed by atoms with Gasteiger partial charge >= 0.3 is 0 Å². The van der Waals surface area contributed by atoms with E-state index in [-0.39, 0.29) is 0 Å². The van der Waals surface area contributed by atoms with Crippen LogP contribution in [-0.4, -0.2) is 99.1 Å². The number of methoxy groups -OCH3 is 1. The quantitative estimate of drug-likeness (QED) is 0.782. The Balaban J connectivity index is 1.38. The third-order valence-electron chi connectivity index (χ3n) is 6.88. The molecule has 1 aromatic carbocycles. The molecule has 3 fully saturated rings. The molecule has 0 aromatic heterocycles. The molecule has 3 aliphatic heterocycles. The monoisotopic (exact) mass is 386 g/mol. The molecule has 1 aromatic rings. The van der Waals surface area contributed by atoms with E-state index >= 15 is 0 Å². The lowest BCUT2D eigenvalue weighted by Crippen LogP contribution is -2.42. The van der Waals surface area contributed by atoms with Crippen molar-refractivity contribution in [2.75, 3.05) is 73.6 Å². The highest BCUT2D eigenvalue weighted by atomic mass is 16.5. The van der Waals surface area contributed by atoms with E-state index in [1.165, 1.54) is 5.56 Å².